The first-order valence-corrected chi connectivity index (χ1v) is 8.25. The van der Waals surface area contributed by atoms with Gasteiger partial charge in [0.25, 0.3) is 0 Å². The van der Waals surface area contributed by atoms with Crippen LogP contribution in [0.1, 0.15) is 6.42 Å². The molecule has 1 aliphatic rings. The summed E-state index contributed by atoms with van der Waals surface area (Å²) in [6.45, 7) is 0. The molecule has 94 valence electrons. The predicted molar refractivity (Wildman–Crippen MR) is 63.3 cm³/mol. The van der Waals surface area contributed by atoms with Gasteiger partial charge in [0.15, 0.2) is 0 Å². The van der Waals surface area contributed by atoms with E-state index in [-0.39, 0.29) is 12.0 Å². The minimum Gasteiger partial charge on any atom is -0.473 e. The number of amidine groups is 2. The van der Waals surface area contributed by atoms with E-state index in [9.17, 15) is 0 Å². The number of hydrogen-bond acceptors (Lipinski definition) is 9. The van der Waals surface area contributed by atoms with Gasteiger partial charge < -0.3 is 20.5 Å². The maximum absolute atomic E-state index is 6.81. The van der Waals surface area contributed by atoms with E-state index in [4.69, 9.17) is 31.6 Å². The monoisotopic (exact) mass is 276 g/mol. The molecule has 1 fully saturated rings. The molecule has 1 aliphatic heterocycles. The highest BCUT2D eigenvalue weighted by Crippen LogP contribution is 2.37. The number of hydrazone groups is 2. The highest BCUT2D eigenvalue weighted by Gasteiger charge is 2.49. The Kier molecular flexibility index (Phi) is 4.83. The van der Waals surface area contributed by atoms with E-state index < -0.39 is 7.71 Å². The van der Waals surface area contributed by atoms with E-state index in [2.05, 4.69) is 20.4 Å². The molecule has 0 aromatic heterocycles. The van der Waals surface area contributed by atoms with Crippen LogP contribution < -0.4 is 11.7 Å². The van der Waals surface area contributed by atoms with Crippen LogP contribution in [-0.2, 0) is 8.85 Å². The lowest BCUT2D eigenvalue weighted by atomic mass is 10.6. The maximum atomic E-state index is 6.81. The van der Waals surface area contributed by atoms with Crippen LogP contribution in [-0.4, -0.2) is 25.5 Å². The molecule has 0 aliphatic carbocycles. The van der Waals surface area contributed by atoms with Crippen molar-refractivity contribution in [3.63, 3.8) is 0 Å². The second-order valence-electron chi connectivity index (χ2n) is 2.89. The van der Waals surface area contributed by atoms with Crippen LogP contribution in [0.15, 0.2) is 20.4 Å². The van der Waals surface area contributed by atoms with Crippen molar-refractivity contribution in [1.82, 2.24) is 0 Å². The summed E-state index contributed by atoms with van der Waals surface area (Å²) in [6.07, 6.45) is 0.878. The van der Waals surface area contributed by atoms with Crippen LogP contribution >= 0.6 is 11.2 Å². The van der Waals surface area contributed by atoms with Gasteiger partial charge in [-0.3, -0.25) is 0 Å². The van der Waals surface area contributed by atoms with Gasteiger partial charge in [-0.1, -0.05) is 0 Å². The molecule has 17 heavy (non-hydrogen) atoms. The first kappa shape index (κ1) is 13.4. The van der Waals surface area contributed by atoms with Crippen molar-refractivity contribution < 1.29 is 8.85 Å². The summed E-state index contributed by atoms with van der Waals surface area (Å²) in [5, 5.41) is 12.5. The average Bonchev–Trinajstić information content (AvgIpc) is 2.82. The van der Waals surface area contributed by atoms with Crippen molar-refractivity contribution in [2.45, 2.75) is 12.5 Å². The maximum Gasteiger partial charge on any atom is 0.534 e. The molecular weight excluding hydrogens is 264 g/mol. The van der Waals surface area contributed by atoms with Gasteiger partial charge in [-0.25, -0.2) is 0 Å². The zero-order valence-corrected chi connectivity index (χ0v) is 10.6. The summed E-state index contributed by atoms with van der Waals surface area (Å²) in [5.74, 6) is 10.8. The molecule has 0 amide bonds. The second-order valence-corrected chi connectivity index (χ2v) is 8.59. The molecule has 12 heteroatoms. The van der Waals surface area contributed by atoms with Crippen LogP contribution in [0.3, 0.4) is 0 Å². The Hall–Kier alpha value is -1.69. The standard InChI is InChI=1S/C5H12N8O2SSi/c6-10-4(11-7)14-17(3-1-2-16-17)15-5(12-8)13-9/h6,8H,1-3,7,9H2. The van der Waals surface area contributed by atoms with Crippen LogP contribution in [0.4, 0.5) is 0 Å². The molecule has 1 heterocycles. The molecule has 6 N–H and O–H groups in total. The highest BCUT2D eigenvalue weighted by molar-refractivity contribution is 8.27. The Labute approximate surface area is 102 Å². The Balaban J connectivity index is 2.82. The molecule has 0 atom stereocenters. The average molecular weight is 276 g/mol. The smallest absolute Gasteiger partial charge is 0.473 e. The topological polar surface area (TPSA) is 168 Å². The van der Waals surface area contributed by atoms with Crippen LogP contribution in [0.2, 0.25) is 6.04 Å². The minimum absolute atomic E-state index is 0.271. The third-order valence-corrected chi connectivity index (χ3v) is 7.78. The van der Waals surface area contributed by atoms with E-state index in [1.165, 1.54) is 11.2 Å². The fourth-order valence-electron chi connectivity index (χ4n) is 1.20. The number of nitrogens with two attached hydrogens (primary N) is 2. The Morgan fingerprint density at radius 3 is 1.94 bits per heavy atom. The van der Waals surface area contributed by atoms with Gasteiger partial charge in [0.05, 0.1) is 0 Å². The fourth-order valence-corrected chi connectivity index (χ4v) is 6.96. The largest absolute Gasteiger partial charge is 0.534 e. The third-order valence-electron chi connectivity index (χ3n) is 1.86. The van der Waals surface area contributed by atoms with Crippen molar-refractivity contribution in [1.29, 1.82) is 11.1 Å². The molecule has 0 unspecified atom stereocenters. The van der Waals surface area contributed by atoms with Crippen LogP contribution in [0.25, 0.3) is 0 Å². The van der Waals surface area contributed by atoms with Crippen LogP contribution in [0.5, 0.6) is 0 Å². The molecule has 1 saturated heterocycles. The van der Waals surface area contributed by atoms with Crippen molar-refractivity contribution in [2.75, 3.05) is 5.75 Å². The SMILES string of the molecule is N=NC(=NN)O[Si]1(OC(N=N)=NN)CCCS1. The van der Waals surface area contributed by atoms with E-state index in [1.54, 1.807) is 0 Å². The summed E-state index contributed by atoms with van der Waals surface area (Å²) >= 11 is 1.44. The van der Waals surface area contributed by atoms with Gasteiger partial charge in [0.2, 0.25) is 0 Å². The lowest BCUT2D eigenvalue weighted by molar-refractivity contribution is 0.388. The molecule has 0 saturated carbocycles. The lowest BCUT2D eigenvalue weighted by Crippen LogP contribution is -2.40. The van der Waals surface area contributed by atoms with Crippen molar-refractivity contribution in [3.8, 4) is 0 Å². The molecule has 0 bridgehead atoms. The van der Waals surface area contributed by atoms with E-state index >= 15 is 0 Å². The van der Waals surface area contributed by atoms with Gasteiger partial charge >= 0.3 is 19.8 Å². The third kappa shape index (κ3) is 3.38. The summed E-state index contributed by atoms with van der Waals surface area (Å²) in [4.78, 5) is 0. The molecule has 1 rings (SSSR count). The molecule has 0 aromatic carbocycles. The number of nitrogens with zero attached hydrogens (tertiary/aromatic N) is 4. The first-order chi connectivity index (χ1) is 8.19. The van der Waals surface area contributed by atoms with Crippen molar-refractivity contribution >= 4 is 31.0 Å². The number of nitrogens with one attached hydrogen (secondary N) is 2. The number of rotatable bonds is 2. The quantitative estimate of drug-likeness (QED) is 0.144. The number of hydrogen-bond donors (Lipinski definition) is 4. The normalized spacial score (nSPS) is 25.4. The lowest BCUT2D eigenvalue weighted by Gasteiger charge is -2.23. The predicted octanol–water partition coefficient (Wildman–Crippen LogP) is 0.617. The fraction of sp³-hybridized carbons (Fsp3) is 0.600. The second kappa shape index (κ2) is 6.14. The van der Waals surface area contributed by atoms with Crippen molar-refractivity contribution in [3.05, 3.63) is 0 Å². The van der Waals surface area contributed by atoms with E-state index in [1.807, 2.05) is 0 Å². The summed E-state index contributed by atoms with van der Waals surface area (Å²) in [5.41, 5.74) is 13.6. The first-order valence-electron chi connectivity index (χ1n) is 4.52. The molecule has 0 radical (unpaired) electrons. The molecule has 10 nitrogen and oxygen atoms in total. The zero-order chi connectivity index (χ0) is 12.7. The Morgan fingerprint density at radius 1 is 1.12 bits per heavy atom. The summed E-state index contributed by atoms with van der Waals surface area (Å²) in [7, 11) is -2.77. The van der Waals surface area contributed by atoms with Crippen LogP contribution in [0, 0.1) is 11.1 Å². The molecule has 0 spiro atoms. The highest BCUT2D eigenvalue weighted by atomic mass is 32.4. The molecule has 0 aromatic rings. The van der Waals surface area contributed by atoms with E-state index in [0.29, 0.717) is 6.04 Å². The van der Waals surface area contributed by atoms with Crippen molar-refractivity contribution in [2.24, 2.45) is 32.1 Å². The molecular formula is C5H12N8O2SSi. The Bertz CT molecular complexity index is 326. The van der Waals surface area contributed by atoms with E-state index in [0.717, 1.165) is 12.2 Å². The summed E-state index contributed by atoms with van der Waals surface area (Å²) < 4.78 is 10.8. The van der Waals surface area contributed by atoms with Gasteiger partial charge in [-0.15, -0.1) is 31.6 Å². The zero-order valence-electron chi connectivity index (χ0n) is 8.79. The van der Waals surface area contributed by atoms with Gasteiger partial charge in [-0.05, 0) is 12.2 Å². The van der Waals surface area contributed by atoms with Gasteiger partial charge in [-0.2, -0.15) is 11.1 Å². The Morgan fingerprint density at radius 2 is 1.65 bits per heavy atom. The summed E-state index contributed by atoms with van der Waals surface area (Å²) in [6, 6.07) is 0.0839. The minimum atomic E-state index is -2.77. The van der Waals surface area contributed by atoms with Gasteiger partial charge in [0.1, 0.15) is 0 Å². The van der Waals surface area contributed by atoms with Gasteiger partial charge in [0, 0.05) is 6.04 Å².